The summed E-state index contributed by atoms with van der Waals surface area (Å²) >= 11 is 1.78. The average molecular weight is 395 g/mol. The highest BCUT2D eigenvalue weighted by Crippen LogP contribution is 2.30. The van der Waals surface area contributed by atoms with Gasteiger partial charge in [0.05, 0.1) is 11.8 Å². The second-order valence-electron chi connectivity index (χ2n) is 9.25. The largest absolute Gasteiger partial charge is 0.513 e. The summed E-state index contributed by atoms with van der Waals surface area (Å²) < 4.78 is 0. The number of aliphatic hydroxyl groups excluding tert-OH is 1. The molecule has 0 fully saturated rings. The Balaban J connectivity index is 5.34. The molecule has 3 nitrogen and oxygen atoms in total. The van der Waals surface area contributed by atoms with Gasteiger partial charge in [-0.15, -0.1) is 11.8 Å². The van der Waals surface area contributed by atoms with Crippen molar-refractivity contribution in [2.45, 2.75) is 85.4 Å². The molecule has 0 aliphatic rings. The Morgan fingerprint density at radius 3 is 1.96 bits per heavy atom. The summed E-state index contributed by atoms with van der Waals surface area (Å²) in [6, 6.07) is 0.135. The second-order valence-corrected chi connectivity index (χ2v) is 10.5. The van der Waals surface area contributed by atoms with E-state index in [2.05, 4.69) is 85.4 Å². The van der Waals surface area contributed by atoms with Gasteiger partial charge >= 0.3 is 0 Å². The van der Waals surface area contributed by atoms with Gasteiger partial charge < -0.3 is 15.7 Å². The third-order valence-corrected chi connectivity index (χ3v) is 5.54. The zero-order valence-corrected chi connectivity index (χ0v) is 19.5. The predicted octanol–water partition coefficient (Wildman–Crippen LogP) is 6.33. The zero-order valence-electron chi connectivity index (χ0n) is 18.7. The Labute approximate surface area is 172 Å². The molecule has 0 amide bonds. The lowest BCUT2D eigenvalue weighted by atomic mass is 9.83. The minimum Gasteiger partial charge on any atom is -0.513 e. The number of allylic oxidation sites excluding steroid dienone is 2. The number of aliphatic hydroxyl groups is 1. The van der Waals surface area contributed by atoms with Crippen molar-refractivity contribution in [2.24, 2.45) is 5.41 Å². The number of nitrogens with one attached hydrogen (secondary N) is 2. The van der Waals surface area contributed by atoms with Gasteiger partial charge in [-0.25, -0.2) is 0 Å². The molecule has 3 N–H and O–H groups in total. The van der Waals surface area contributed by atoms with Crippen molar-refractivity contribution >= 4 is 11.8 Å². The first kappa shape index (κ1) is 25.9. The summed E-state index contributed by atoms with van der Waals surface area (Å²) in [5, 5.41) is 16.8. The normalized spacial score (nSPS) is 14.3. The van der Waals surface area contributed by atoms with Crippen molar-refractivity contribution in [3.05, 3.63) is 48.3 Å². The van der Waals surface area contributed by atoms with Gasteiger partial charge in [0, 0.05) is 29.5 Å². The molecule has 0 aliphatic heterocycles. The van der Waals surface area contributed by atoms with Crippen molar-refractivity contribution in [3.8, 4) is 0 Å². The maximum Gasteiger partial charge on any atom is 0.0851 e. The van der Waals surface area contributed by atoms with Crippen molar-refractivity contribution < 1.29 is 5.11 Å². The molecule has 1 unspecified atom stereocenters. The number of thioether (sulfide) groups is 1. The molecule has 0 radical (unpaired) electrons. The van der Waals surface area contributed by atoms with Gasteiger partial charge in [-0.05, 0) is 49.5 Å². The van der Waals surface area contributed by atoms with Gasteiger partial charge in [-0.3, -0.25) is 0 Å². The Morgan fingerprint density at radius 1 is 1.00 bits per heavy atom. The van der Waals surface area contributed by atoms with E-state index < -0.39 is 0 Å². The van der Waals surface area contributed by atoms with E-state index in [-0.39, 0.29) is 28.8 Å². The summed E-state index contributed by atoms with van der Waals surface area (Å²) in [4.78, 5) is 1.18. The zero-order chi connectivity index (χ0) is 21.4. The van der Waals surface area contributed by atoms with Crippen LogP contribution in [-0.2, 0) is 0 Å². The van der Waals surface area contributed by atoms with Crippen LogP contribution in [0.2, 0.25) is 0 Å². The Morgan fingerprint density at radius 2 is 1.56 bits per heavy atom. The minimum atomic E-state index is -0.0617. The summed E-state index contributed by atoms with van der Waals surface area (Å²) in [6.45, 7) is 31.5. The number of hydrogen-bond acceptors (Lipinski definition) is 4. The van der Waals surface area contributed by atoms with E-state index in [1.807, 2.05) is 0 Å². The van der Waals surface area contributed by atoms with Crippen molar-refractivity contribution in [1.29, 1.82) is 0 Å². The lowest BCUT2D eigenvalue weighted by Gasteiger charge is -2.35. The molecule has 0 aromatic rings. The van der Waals surface area contributed by atoms with Crippen LogP contribution >= 0.6 is 11.8 Å². The lowest BCUT2D eigenvalue weighted by molar-refractivity contribution is 0.333. The van der Waals surface area contributed by atoms with E-state index >= 15 is 0 Å². The summed E-state index contributed by atoms with van der Waals surface area (Å²) in [7, 11) is 0. The summed E-state index contributed by atoms with van der Waals surface area (Å²) in [5.41, 5.74) is 2.01. The smallest absolute Gasteiger partial charge is 0.0851 e. The maximum absolute atomic E-state index is 9.53. The van der Waals surface area contributed by atoms with Crippen molar-refractivity contribution in [1.82, 2.24) is 10.6 Å². The van der Waals surface area contributed by atoms with E-state index in [4.69, 9.17) is 0 Å². The lowest BCUT2D eigenvalue weighted by Crippen LogP contribution is -2.49. The molecule has 0 aromatic carbocycles. The van der Waals surface area contributed by atoms with Gasteiger partial charge in [-0.1, -0.05) is 54.0 Å². The molecule has 156 valence electrons. The molecule has 2 atom stereocenters. The first-order chi connectivity index (χ1) is 12.2. The Kier molecular flexibility index (Phi) is 10.6. The first-order valence-electron chi connectivity index (χ1n) is 9.77. The summed E-state index contributed by atoms with van der Waals surface area (Å²) in [5.74, 6) is 1.07. The van der Waals surface area contributed by atoms with E-state index in [0.29, 0.717) is 6.42 Å². The molecule has 0 heterocycles. The molecule has 0 aliphatic carbocycles. The van der Waals surface area contributed by atoms with Gasteiger partial charge in [0.25, 0.3) is 0 Å². The van der Waals surface area contributed by atoms with Crippen LogP contribution in [0.3, 0.4) is 0 Å². The van der Waals surface area contributed by atoms with Crippen LogP contribution in [0.4, 0.5) is 0 Å². The van der Waals surface area contributed by atoms with Crippen molar-refractivity contribution in [2.75, 3.05) is 5.75 Å². The maximum atomic E-state index is 9.53. The third kappa shape index (κ3) is 11.3. The highest BCUT2D eigenvalue weighted by molar-refractivity contribution is 8.03. The molecule has 27 heavy (non-hydrogen) atoms. The predicted molar refractivity (Wildman–Crippen MR) is 124 cm³/mol. The molecule has 4 heteroatoms. The number of hydrogen-bond donors (Lipinski definition) is 3. The van der Waals surface area contributed by atoms with Gasteiger partial charge in [-0.2, -0.15) is 0 Å². The standard InChI is InChI=1S/C23H42N2OS/c1-12-17(3)27-15-21(18(4)22(6,7)8)24-19(5)20(14-13-16(2)26)25-23(9,10)11/h20-21,24-26H,2-5,12-15H2,1,6-11H3/t20?,21-/m0/s1. The van der Waals surface area contributed by atoms with Crippen molar-refractivity contribution in [3.63, 3.8) is 0 Å². The fourth-order valence-electron chi connectivity index (χ4n) is 2.55. The fourth-order valence-corrected chi connectivity index (χ4v) is 3.44. The SMILES string of the molecule is C=C(O)CCC(NC(C)(C)C)C(=C)N[C@@H](CSC(=C)CC)C(=C)C(C)(C)C. The molecule has 0 bridgehead atoms. The van der Waals surface area contributed by atoms with E-state index in [9.17, 15) is 5.11 Å². The average Bonchev–Trinajstić information content (AvgIpc) is 2.51. The van der Waals surface area contributed by atoms with Crippen LogP contribution in [0.1, 0.15) is 67.7 Å². The van der Waals surface area contributed by atoms with Crippen LogP contribution < -0.4 is 10.6 Å². The quantitative estimate of drug-likeness (QED) is 0.267. The molecule has 0 rings (SSSR count). The van der Waals surface area contributed by atoms with E-state index in [1.54, 1.807) is 11.8 Å². The molecule has 0 saturated carbocycles. The van der Waals surface area contributed by atoms with E-state index in [1.165, 1.54) is 4.91 Å². The van der Waals surface area contributed by atoms with Crippen LogP contribution in [-0.4, -0.2) is 28.5 Å². The third-order valence-electron chi connectivity index (χ3n) is 4.34. The fraction of sp³-hybridized carbons (Fsp3) is 0.652. The van der Waals surface area contributed by atoms with Crippen LogP contribution in [0.25, 0.3) is 0 Å². The van der Waals surface area contributed by atoms with Gasteiger partial charge in [0.15, 0.2) is 0 Å². The monoisotopic (exact) mass is 394 g/mol. The summed E-state index contributed by atoms with van der Waals surface area (Å²) in [6.07, 6.45) is 2.25. The second kappa shape index (κ2) is 11.0. The molecule has 0 spiro atoms. The highest BCUT2D eigenvalue weighted by atomic mass is 32.2. The minimum absolute atomic E-state index is 0.00160. The molecule has 0 aromatic heterocycles. The van der Waals surface area contributed by atoms with Gasteiger partial charge in [0.1, 0.15) is 0 Å². The Hall–Kier alpha value is -1.13. The van der Waals surface area contributed by atoms with Crippen LogP contribution in [0.15, 0.2) is 48.3 Å². The number of rotatable bonds is 12. The van der Waals surface area contributed by atoms with Gasteiger partial charge in [0.2, 0.25) is 0 Å². The van der Waals surface area contributed by atoms with E-state index in [0.717, 1.165) is 29.9 Å². The molecular weight excluding hydrogens is 352 g/mol. The highest BCUT2D eigenvalue weighted by Gasteiger charge is 2.27. The first-order valence-corrected chi connectivity index (χ1v) is 10.8. The Bertz CT molecular complexity index is 538. The molecular formula is C23H42N2OS. The van der Waals surface area contributed by atoms with Crippen LogP contribution in [0.5, 0.6) is 0 Å². The van der Waals surface area contributed by atoms with Crippen LogP contribution in [0, 0.1) is 5.41 Å². The molecule has 0 saturated heterocycles. The topological polar surface area (TPSA) is 44.3 Å².